The summed E-state index contributed by atoms with van der Waals surface area (Å²) in [4.78, 5) is 4.25. The molecule has 0 amide bonds. The van der Waals surface area contributed by atoms with E-state index in [1.807, 2.05) is 6.92 Å². The second-order valence-electron chi connectivity index (χ2n) is 5.60. The molecule has 0 spiro atoms. The highest BCUT2D eigenvalue weighted by Crippen LogP contribution is 2.16. The molecule has 2 N–H and O–H groups in total. The smallest absolute Gasteiger partial charge is 0.190 e. The lowest BCUT2D eigenvalue weighted by Crippen LogP contribution is -2.39. The fourth-order valence-electron chi connectivity index (χ4n) is 2.66. The summed E-state index contributed by atoms with van der Waals surface area (Å²) in [5, 5.41) is 6.69. The van der Waals surface area contributed by atoms with Crippen molar-refractivity contribution in [2.24, 2.45) is 4.99 Å². The quantitative estimate of drug-likeness (QED) is 0.441. The summed E-state index contributed by atoms with van der Waals surface area (Å²) in [6, 6.07) is 4.51. The van der Waals surface area contributed by atoms with Crippen molar-refractivity contribution >= 4 is 5.96 Å². The molecule has 1 aromatic carbocycles. The standard InChI is InChI=1S/C18H31N3O/c1-6-22-11-7-9-20-18(19-5)21-10-8-17-15(3)12-14(2)13-16(17)4/h12-13H,6-11H2,1-5H3,(H2,19,20,21). The van der Waals surface area contributed by atoms with E-state index >= 15 is 0 Å². The molecular formula is C18H31N3O. The van der Waals surface area contributed by atoms with E-state index in [1.165, 1.54) is 22.3 Å². The second-order valence-corrected chi connectivity index (χ2v) is 5.60. The van der Waals surface area contributed by atoms with Gasteiger partial charge in [0.1, 0.15) is 0 Å². The number of nitrogens with one attached hydrogen (secondary N) is 2. The number of hydrogen-bond acceptors (Lipinski definition) is 2. The van der Waals surface area contributed by atoms with Crippen LogP contribution >= 0.6 is 0 Å². The van der Waals surface area contributed by atoms with Crippen LogP contribution < -0.4 is 10.6 Å². The van der Waals surface area contributed by atoms with Gasteiger partial charge in [-0.1, -0.05) is 17.7 Å². The second kappa shape index (κ2) is 10.2. The first-order valence-corrected chi connectivity index (χ1v) is 8.17. The number of guanidine groups is 1. The average molecular weight is 305 g/mol. The molecule has 0 atom stereocenters. The molecule has 124 valence electrons. The van der Waals surface area contributed by atoms with Gasteiger partial charge < -0.3 is 15.4 Å². The van der Waals surface area contributed by atoms with Crippen LogP contribution in [0.3, 0.4) is 0 Å². The summed E-state index contributed by atoms with van der Waals surface area (Å²) in [5.74, 6) is 0.860. The van der Waals surface area contributed by atoms with Crippen molar-refractivity contribution in [3.05, 3.63) is 34.4 Å². The maximum absolute atomic E-state index is 5.32. The number of aliphatic imine (C=N–C) groups is 1. The first-order chi connectivity index (χ1) is 10.6. The molecule has 4 heteroatoms. The monoisotopic (exact) mass is 305 g/mol. The molecule has 22 heavy (non-hydrogen) atoms. The molecule has 0 saturated heterocycles. The fourth-order valence-corrected chi connectivity index (χ4v) is 2.66. The third kappa shape index (κ3) is 6.48. The molecule has 0 aliphatic carbocycles. The third-order valence-electron chi connectivity index (χ3n) is 3.69. The summed E-state index contributed by atoms with van der Waals surface area (Å²) >= 11 is 0. The van der Waals surface area contributed by atoms with E-state index in [0.29, 0.717) is 0 Å². The van der Waals surface area contributed by atoms with Gasteiger partial charge in [-0.25, -0.2) is 0 Å². The summed E-state index contributed by atoms with van der Waals surface area (Å²) in [5.41, 5.74) is 5.52. The maximum Gasteiger partial charge on any atom is 0.190 e. The van der Waals surface area contributed by atoms with Gasteiger partial charge in [-0.2, -0.15) is 0 Å². The maximum atomic E-state index is 5.32. The van der Waals surface area contributed by atoms with Crippen molar-refractivity contribution in [3.63, 3.8) is 0 Å². The highest BCUT2D eigenvalue weighted by molar-refractivity contribution is 5.79. The van der Waals surface area contributed by atoms with E-state index in [2.05, 4.69) is 48.5 Å². The molecule has 1 rings (SSSR count). The normalized spacial score (nSPS) is 11.6. The highest BCUT2D eigenvalue weighted by Gasteiger charge is 2.04. The Morgan fingerprint density at radius 2 is 1.73 bits per heavy atom. The Kier molecular flexibility index (Phi) is 8.60. The predicted octanol–water partition coefficient (Wildman–Crippen LogP) is 2.75. The van der Waals surface area contributed by atoms with Gasteiger partial charge in [0.2, 0.25) is 0 Å². The van der Waals surface area contributed by atoms with Gasteiger partial charge in [-0.3, -0.25) is 4.99 Å². The molecule has 0 heterocycles. The molecule has 0 saturated carbocycles. The molecule has 0 bridgehead atoms. The molecule has 0 aliphatic heterocycles. The van der Waals surface area contributed by atoms with Crippen LogP contribution in [0.4, 0.5) is 0 Å². The Morgan fingerprint density at radius 3 is 2.32 bits per heavy atom. The molecule has 4 nitrogen and oxygen atoms in total. The summed E-state index contributed by atoms with van der Waals surface area (Å²) in [6.45, 7) is 11.9. The van der Waals surface area contributed by atoms with E-state index < -0.39 is 0 Å². The Morgan fingerprint density at radius 1 is 1.09 bits per heavy atom. The van der Waals surface area contributed by atoms with Crippen LogP contribution in [0.15, 0.2) is 17.1 Å². The minimum absolute atomic E-state index is 0.780. The van der Waals surface area contributed by atoms with Crippen molar-refractivity contribution in [3.8, 4) is 0 Å². The van der Waals surface area contributed by atoms with Gasteiger partial charge in [0.05, 0.1) is 0 Å². The lowest BCUT2D eigenvalue weighted by Gasteiger charge is -2.14. The van der Waals surface area contributed by atoms with Crippen LogP contribution in [-0.2, 0) is 11.2 Å². The van der Waals surface area contributed by atoms with E-state index in [0.717, 1.165) is 45.1 Å². The molecular weight excluding hydrogens is 274 g/mol. The topological polar surface area (TPSA) is 45.6 Å². The molecule has 0 fully saturated rings. The van der Waals surface area contributed by atoms with Gasteiger partial charge in [-0.15, -0.1) is 0 Å². The molecule has 0 aromatic heterocycles. The highest BCUT2D eigenvalue weighted by atomic mass is 16.5. The predicted molar refractivity (Wildman–Crippen MR) is 94.8 cm³/mol. The van der Waals surface area contributed by atoms with Crippen LogP contribution in [0.5, 0.6) is 0 Å². The summed E-state index contributed by atoms with van der Waals surface area (Å²) in [7, 11) is 1.81. The Labute approximate surface area is 135 Å². The minimum Gasteiger partial charge on any atom is -0.382 e. The zero-order valence-electron chi connectivity index (χ0n) is 14.8. The third-order valence-corrected chi connectivity index (χ3v) is 3.69. The summed E-state index contributed by atoms with van der Waals surface area (Å²) in [6.07, 6.45) is 2.00. The Hall–Kier alpha value is -1.55. The van der Waals surface area contributed by atoms with Crippen LogP contribution in [0.1, 0.15) is 35.6 Å². The van der Waals surface area contributed by atoms with Gasteiger partial charge >= 0.3 is 0 Å². The van der Waals surface area contributed by atoms with Gasteiger partial charge in [0, 0.05) is 33.4 Å². The van der Waals surface area contributed by atoms with E-state index in [1.54, 1.807) is 7.05 Å². The van der Waals surface area contributed by atoms with Gasteiger partial charge in [0.25, 0.3) is 0 Å². The lowest BCUT2D eigenvalue weighted by atomic mass is 9.97. The van der Waals surface area contributed by atoms with E-state index in [-0.39, 0.29) is 0 Å². The molecule has 0 unspecified atom stereocenters. The zero-order chi connectivity index (χ0) is 16.4. The van der Waals surface area contributed by atoms with Crippen LogP contribution in [0.25, 0.3) is 0 Å². The van der Waals surface area contributed by atoms with Crippen molar-refractivity contribution in [2.45, 2.75) is 40.5 Å². The molecule has 1 aromatic rings. The van der Waals surface area contributed by atoms with E-state index in [4.69, 9.17) is 4.74 Å². The van der Waals surface area contributed by atoms with E-state index in [9.17, 15) is 0 Å². The zero-order valence-corrected chi connectivity index (χ0v) is 14.8. The number of hydrogen-bond donors (Lipinski definition) is 2. The van der Waals surface area contributed by atoms with Crippen molar-refractivity contribution in [1.29, 1.82) is 0 Å². The number of aryl methyl sites for hydroxylation is 3. The van der Waals surface area contributed by atoms with Crippen LogP contribution in [-0.4, -0.2) is 39.3 Å². The number of nitrogens with zero attached hydrogens (tertiary/aromatic N) is 1. The number of benzene rings is 1. The molecule has 0 radical (unpaired) electrons. The first-order valence-electron chi connectivity index (χ1n) is 8.17. The van der Waals surface area contributed by atoms with Crippen molar-refractivity contribution in [2.75, 3.05) is 33.4 Å². The molecule has 0 aliphatic rings. The first kappa shape index (κ1) is 18.5. The average Bonchev–Trinajstić information content (AvgIpc) is 2.47. The lowest BCUT2D eigenvalue weighted by molar-refractivity contribution is 0.145. The van der Waals surface area contributed by atoms with Crippen molar-refractivity contribution < 1.29 is 4.74 Å². The largest absolute Gasteiger partial charge is 0.382 e. The minimum atomic E-state index is 0.780. The van der Waals surface area contributed by atoms with Gasteiger partial charge in [0.15, 0.2) is 5.96 Å². The van der Waals surface area contributed by atoms with Crippen LogP contribution in [0.2, 0.25) is 0 Å². The Bertz CT molecular complexity index is 460. The SMILES string of the molecule is CCOCCCNC(=NC)NCCc1c(C)cc(C)cc1C. The van der Waals surface area contributed by atoms with Crippen LogP contribution in [0, 0.1) is 20.8 Å². The van der Waals surface area contributed by atoms with Crippen molar-refractivity contribution in [1.82, 2.24) is 10.6 Å². The summed E-state index contributed by atoms with van der Waals surface area (Å²) < 4.78 is 5.32. The Balaban J connectivity index is 2.36. The van der Waals surface area contributed by atoms with Gasteiger partial charge in [-0.05, 0) is 57.2 Å². The fraction of sp³-hybridized carbons (Fsp3) is 0.611. The number of rotatable bonds is 8. The number of ether oxygens (including phenoxy) is 1.